The van der Waals surface area contributed by atoms with Crippen LogP contribution in [0.3, 0.4) is 0 Å². The van der Waals surface area contributed by atoms with E-state index >= 15 is 0 Å². The minimum absolute atomic E-state index is 0.0219. The normalized spacial score (nSPS) is 14.0. The first kappa shape index (κ1) is 17.4. The van der Waals surface area contributed by atoms with Gasteiger partial charge in [0.15, 0.2) is 0 Å². The summed E-state index contributed by atoms with van der Waals surface area (Å²) in [4.78, 5) is 17.8. The number of halogens is 4. The number of fused-ring (bicyclic) bond motifs is 1. The van der Waals surface area contributed by atoms with Crippen LogP contribution < -0.4 is 0 Å². The first-order valence-corrected chi connectivity index (χ1v) is 8.32. The van der Waals surface area contributed by atoms with Gasteiger partial charge in [0.25, 0.3) is 12.4 Å². The number of rotatable bonds is 4. The highest BCUT2D eigenvalue weighted by molar-refractivity contribution is 5.83. The van der Waals surface area contributed by atoms with Crippen LogP contribution in [0.2, 0.25) is 0 Å². The summed E-state index contributed by atoms with van der Waals surface area (Å²) in [6.07, 6.45) is -0.723. The second kappa shape index (κ2) is 6.64. The van der Waals surface area contributed by atoms with Crippen LogP contribution in [0.1, 0.15) is 18.4 Å². The molecule has 0 atom stereocenters. The lowest BCUT2D eigenvalue weighted by Gasteiger charge is -2.30. The number of carbonyl (C=O) groups is 1. The molecule has 1 aliphatic heterocycles. The fraction of sp³-hybridized carbons (Fsp3) is 0.278. The Morgan fingerprint density at radius 3 is 2.59 bits per heavy atom. The second-order valence-electron chi connectivity index (χ2n) is 6.31. The molecule has 1 saturated heterocycles. The number of amides is 1. The molecule has 0 aliphatic carbocycles. The molecule has 9 heteroatoms. The molecule has 1 fully saturated rings. The van der Waals surface area contributed by atoms with Crippen molar-refractivity contribution in [1.82, 2.24) is 19.7 Å². The Bertz CT molecular complexity index is 1030. The molecule has 4 rings (SSSR count). The molecule has 2 aromatic heterocycles. The highest BCUT2D eigenvalue weighted by Gasteiger charge is 2.23. The van der Waals surface area contributed by atoms with Crippen molar-refractivity contribution in [3.05, 3.63) is 47.8 Å². The fourth-order valence-electron chi connectivity index (χ4n) is 2.98. The SMILES string of the molecule is O=C(Cn1nc(F)c2ncc(-c3ccc(F)c(C(F)F)c3)cc21)N1CCC1. The summed E-state index contributed by atoms with van der Waals surface area (Å²) < 4.78 is 54.6. The fourth-order valence-corrected chi connectivity index (χ4v) is 2.98. The number of likely N-dealkylation sites (tertiary alicyclic amines) is 1. The van der Waals surface area contributed by atoms with Crippen LogP contribution in [0, 0.1) is 11.8 Å². The maximum absolute atomic E-state index is 14.0. The Morgan fingerprint density at radius 1 is 1.15 bits per heavy atom. The minimum atomic E-state index is -2.96. The van der Waals surface area contributed by atoms with E-state index in [1.165, 1.54) is 23.0 Å². The summed E-state index contributed by atoms with van der Waals surface area (Å²) in [6, 6.07) is 4.83. The average Bonchev–Trinajstić information content (AvgIpc) is 2.88. The molecular weight excluding hydrogens is 364 g/mol. The highest BCUT2D eigenvalue weighted by atomic mass is 19.3. The molecule has 5 nitrogen and oxygen atoms in total. The molecule has 1 aliphatic rings. The molecule has 27 heavy (non-hydrogen) atoms. The van der Waals surface area contributed by atoms with Gasteiger partial charge in [-0.05, 0) is 30.2 Å². The Labute approximate surface area is 151 Å². The van der Waals surface area contributed by atoms with Gasteiger partial charge in [-0.15, -0.1) is 5.10 Å². The molecule has 0 N–H and O–H groups in total. The molecule has 1 aromatic carbocycles. The van der Waals surface area contributed by atoms with Crippen LogP contribution in [-0.2, 0) is 11.3 Å². The molecule has 0 bridgehead atoms. The Balaban J connectivity index is 1.74. The van der Waals surface area contributed by atoms with E-state index in [0.29, 0.717) is 24.2 Å². The van der Waals surface area contributed by atoms with Gasteiger partial charge >= 0.3 is 0 Å². The van der Waals surface area contributed by atoms with Crippen molar-refractivity contribution in [1.29, 1.82) is 0 Å². The van der Waals surface area contributed by atoms with Gasteiger partial charge in [-0.25, -0.2) is 18.2 Å². The molecule has 140 valence electrons. The van der Waals surface area contributed by atoms with Crippen LogP contribution in [0.5, 0.6) is 0 Å². The van der Waals surface area contributed by atoms with Gasteiger partial charge in [-0.3, -0.25) is 9.48 Å². The summed E-state index contributed by atoms with van der Waals surface area (Å²) >= 11 is 0. The maximum Gasteiger partial charge on any atom is 0.266 e. The topological polar surface area (TPSA) is 51.0 Å². The standard InChI is InChI=1S/C18H14F4N4O/c19-13-3-2-10(6-12(13)17(20)21)11-7-14-16(23-8-11)18(22)24-26(14)9-15(27)25-4-1-5-25/h2-3,6-8,17H,1,4-5,9H2. The predicted molar refractivity (Wildman–Crippen MR) is 89.0 cm³/mol. The van der Waals surface area contributed by atoms with Gasteiger partial charge < -0.3 is 4.90 Å². The summed E-state index contributed by atoms with van der Waals surface area (Å²) in [5.41, 5.74) is 0.221. The summed E-state index contributed by atoms with van der Waals surface area (Å²) in [5, 5.41) is 3.73. The first-order chi connectivity index (χ1) is 12.9. The number of aromatic nitrogens is 3. The van der Waals surface area contributed by atoms with Crippen LogP contribution in [0.15, 0.2) is 30.5 Å². The number of alkyl halides is 2. The molecule has 3 aromatic rings. The van der Waals surface area contributed by atoms with Crippen LogP contribution in [0.4, 0.5) is 17.6 Å². The third-order valence-corrected chi connectivity index (χ3v) is 4.61. The minimum Gasteiger partial charge on any atom is -0.341 e. The predicted octanol–water partition coefficient (Wildman–Crippen LogP) is 3.55. The van der Waals surface area contributed by atoms with Gasteiger partial charge in [0.05, 0.1) is 11.1 Å². The smallest absolute Gasteiger partial charge is 0.266 e. The first-order valence-electron chi connectivity index (χ1n) is 8.32. The van der Waals surface area contributed by atoms with Crippen LogP contribution in [-0.4, -0.2) is 38.7 Å². The Kier molecular flexibility index (Phi) is 4.29. The largest absolute Gasteiger partial charge is 0.341 e. The molecular formula is C18H14F4N4O. The van der Waals surface area contributed by atoms with E-state index < -0.39 is 23.8 Å². The zero-order valence-corrected chi connectivity index (χ0v) is 14.0. The van der Waals surface area contributed by atoms with Crippen molar-refractivity contribution in [2.45, 2.75) is 19.4 Å². The van der Waals surface area contributed by atoms with E-state index in [0.717, 1.165) is 18.6 Å². The number of nitrogens with zero attached hydrogens (tertiary/aromatic N) is 4. The van der Waals surface area contributed by atoms with Crippen molar-refractivity contribution in [3.63, 3.8) is 0 Å². The Morgan fingerprint density at radius 2 is 1.93 bits per heavy atom. The van der Waals surface area contributed by atoms with Gasteiger partial charge in [0.1, 0.15) is 17.9 Å². The number of hydrogen-bond acceptors (Lipinski definition) is 3. The van der Waals surface area contributed by atoms with E-state index in [4.69, 9.17) is 0 Å². The molecule has 0 radical (unpaired) electrons. The van der Waals surface area contributed by atoms with E-state index in [9.17, 15) is 22.4 Å². The van der Waals surface area contributed by atoms with Crippen molar-refractivity contribution in [2.75, 3.05) is 13.1 Å². The molecule has 3 heterocycles. The van der Waals surface area contributed by atoms with Gasteiger partial charge in [0, 0.05) is 24.8 Å². The summed E-state index contributed by atoms with van der Waals surface area (Å²) in [6.45, 7) is 1.18. The lowest BCUT2D eigenvalue weighted by molar-refractivity contribution is -0.135. The second-order valence-corrected chi connectivity index (χ2v) is 6.31. The third-order valence-electron chi connectivity index (χ3n) is 4.61. The van der Waals surface area contributed by atoms with Crippen molar-refractivity contribution in [2.24, 2.45) is 0 Å². The number of pyridine rings is 1. The molecule has 1 amide bonds. The number of benzene rings is 1. The summed E-state index contributed by atoms with van der Waals surface area (Å²) in [5.74, 6) is -2.00. The molecule has 0 spiro atoms. The Hall–Kier alpha value is -2.97. The quantitative estimate of drug-likeness (QED) is 0.653. The van der Waals surface area contributed by atoms with E-state index in [2.05, 4.69) is 10.1 Å². The average molecular weight is 378 g/mol. The van der Waals surface area contributed by atoms with Crippen LogP contribution in [0.25, 0.3) is 22.2 Å². The molecule has 0 unspecified atom stereocenters. The van der Waals surface area contributed by atoms with Crippen molar-refractivity contribution in [3.8, 4) is 11.1 Å². The number of carbonyl (C=O) groups excluding carboxylic acids is 1. The van der Waals surface area contributed by atoms with E-state index in [1.807, 2.05) is 0 Å². The highest BCUT2D eigenvalue weighted by Crippen LogP contribution is 2.29. The maximum atomic E-state index is 14.0. The van der Waals surface area contributed by atoms with Crippen molar-refractivity contribution >= 4 is 16.9 Å². The van der Waals surface area contributed by atoms with Gasteiger partial charge in [-0.2, -0.15) is 4.39 Å². The lowest BCUT2D eigenvalue weighted by Crippen LogP contribution is -2.43. The monoisotopic (exact) mass is 378 g/mol. The molecule has 0 saturated carbocycles. The van der Waals surface area contributed by atoms with Gasteiger partial charge in [-0.1, -0.05) is 6.07 Å². The lowest BCUT2D eigenvalue weighted by atomic mass is 10.0. The zero-order valence-electron chi connectivity index (χ0n) is 14.0. The van der Waals surface area contributed by atoms with Crippen LogP contribution >= 0.6 is 0 Å². The third kappa shape index (κ3) is 3.13. The van der Waals surface area contributed by atoms with E-state index in [1.54, 1.807) is 4.90 Å². The summed E-state index contributed by atoms with van der Waals surface area (Å²) in [7, 11) is 0. The number of hydrogen-bond donors (Lipinski definition) is 0. The zero-order chi connectivity index (χ0) is 19.1. The van der Waals surface area contributed by atoms with E-state index in [-0.39, 0.29) is 23.5 Å². The van der Waals surface area contributed by atoms with Crippen molar-refractivity contribution < 1.29 is 22.4 Å². The van der Waals surface area contributed by atoms with Gasteiger partial charge in [0.2, 0.25) is 5.91 Å².